The zero-order valence-corrected chi connectivity index (χ0v) is 15.7. The zero-order chi connectivity index (χ0) is 19.0. The van der Waals surface area contributed by atoms with Crippen LogP contribution in [-0.4, -0.2) is 66.2 Å². The molecule has 0 bridgehead atoms. The van der Waals surface area contributed by atoms with Crippen LogP contribution in [0.5, 0.6) is 0 Å². The van der Waals surface area contributed by atoms with Gasteiger partial charge in [-0.05, 0) is 29.3 Å². The molecule has 0 spiro atoms. The molecule has 1 fully saturated rings. The van der Waals surface area contributed by atoms with E-state index in [0.717, 1.165) is 10.9 Å². The van der Waals surface area contributed by atoms with E-state index in [2.05, 4.69) is 19.9 Å². The molecule has 1 aliphatic rings. The van der Waals surface area contributed by atoms with E-state index >= 15 is 0 Å². The van der Waals surface area contributed by atoms with E-state index in [0.29, 0.717) is 48.9 Å². The number of amides is 1. The molecule has 0 atom stereocenters. The molecule has 3 aromatic heterocycles. The van der Waals surface area contributed by atoms with Crippen molar-refractivity contribution >= 4 is 51.6 Å². The molecule has 0 unspecified atom stereocenters. The predicted octanol–water partition coefficient (Wildman–Crippen LogP) is 2.36. The van der Waals surface area contributed by atoms with Crippen molar-refractivity contribution in [2.45, 2.75) is 0 Å². The van der Waals surface area contributed by atoms with E-state index in [1.54, 1.807) is 26.4 Å². The van der Waals surface area contributed by atoms with Crippen LogP contribution in [0.3, 0.4) is 0 Å². The van der Waals surface area contributed by atoms with Crippen LogP contribution in [0.25, 0.3) is 28.3 Å². The summed E-state index contributed by atoms with van der Waals surface area (Å²) in [5.74, 6) is 0.540. The van der Waals surface area contributed by atoms with Crippen molar-refractivity contribution in [3.63, 3.8) is 0 Å². The van der Waals surface area contributed by atoms with Gasteiger partial charge in [0.2, 0.25) is 16.9 Å². The Morgan fingerprint density at radius 1 is 1.30 bits per heavy atom. The maximum absolute atomic E-state index is 11.8. The van der Waals surface area contributed by atoms with Gasteiger partial charge in [0, 0.05) is 39.5 Å². The molecular formula is C18H18ClN5O3. The lowest BCUT2D eigenvalue weighted by molar-refractivity contribution is -0.123. The summed E-state index contributed by atoms with van der Waals surface area (Å²) in [4.78, 5) is 28.4. The summed E-state index contributed by atoms with van der Waals surface area (Å²) in [6, 6.07) is 1.88. The molecule has 4 heterocycles. The van der Waals surface area contributed by atoms with Crippen LogP contribution in [0.4, 0.5) is 5.82 Å². The Bertz CT molecular complexity index is 1040. The SMILES string of the molecule is CN(C)C(=O)C=Cc1cnc2oc3c(N4CCOCC4)nc(Cl)nc3c2c1. The minimum Gasteiger partial charge on any atom is -0.432 e. The molecule has 27 heavy (non-hydrogen) atoms. The highest BCUT2D eigenvalue weighted by atomic mass is 35.5. The molecule has 1 amide bonds. The van der Waals surface area contributed by atoms with Gasteiger partial charge in [-0.25, -0.2) is 9.97 Å². The maximum Gasteiger partial charge on any atom is 0.246 e. The van der Waals surface area contributed by atoms with E-state index in [9.17, 15) is 4.79 Å². The van der Waals surface area contributed by atoms with Crippen molar-refractivity contribution < 1.29 is 13.9 Å². The Hall–Kier alpha value is -2.71. The molecular weight excluding hydrogens is 370 g/mol. The number of anilines is 1. The smallest absolute Gasteiger partial charge is 0.246 e. The number of pyridine rings is 1. The lowest BCUT2D eigenvalue weighted by Gasteiger charge is -2.27. The molecule has 4 rings (SSSR count). The number of ether oxygens (including phenoxy) is 1. The zero-order valence-electron chi connectivity index (χ0n) is 15.0. The predicted molar refractivity (Wildman–Crippen MR) is 103 cm³/mol. The Labute approximate surface area is 160 Å². The van der Waals surface area contributed by atoms with E-state index in [1.807, 2.05) is 6.07 Å². The number of rotatable bonds is 3. The number of aromatic nitrogens is 3. The van der Waals surface area contributed by atoms with E-state index < -0.39 is 0 Å². The third kappa shape index (κ3) is 3.45. The minimum absolute atomic E-state index is 0.105. The third-order valence-corrected chi connectivity index (χ3v) is 4.49. The molecule has 0 radical (unpaired) electrons. The van der Waals surface area contributed by atoms with Gasteiger partial charge in [0.25, 0.3) is 0 Å². The molecule has 1 aliphatic heterocycles. The van der Waals surface area contributed by atoms with Gasteiger partial charge < -0.3 is 19.0 Å². The lowest BCUT2D eigenvalue weighted by atomic mass is 10.2. The average Bonchev–Trinajstić information content (AvgIpc) is 3.04. The van der Waals surface area contributed by atoms with Crippen molar-refractivity contribution in [2.24, 2.45) is 0 Å². The van der Waals surface area contributed by atoms with Gasteiger partial charge in [-0.15, -0.1) is 0 Å². The summed E-state index contributed by atoms with van der Waals surface area (Å²) in [5.41, 5.74) is 2.37. The number of halogens is 1. The molecule has 9 heteroatoms. The summed E-state index contributed by atoms with van der Waals surface area (Å²) >= 11 is 6.17. The van der Waals surface area contributed by atoms with Crippen LogP contribution in [-0.2, 0) is 9.53 Å². The summed E-state index contributed by atoms with van der Waals surface area (Å²) < 4.78 is 11.3. The first kappa shape index (κ1) is 17.7. The van der Waals surface area contributed by atoms with Crippen LogP contribution in [0.1, 0.15) is 5.56 Å². The number of hydrogen-bond acceptors (Lipinski definition) is 7. The highest BCUT2D eigenvalue weighted by Crippen LogP contribution is 2.33. The molecule has 0 N–H and O–H groups in total. The van der Waals surface area contributed by atoms with Crippen molar-refractivity contribution in [3.05, 3.63) is 29.2 Å². The lowest BCUT2D eigenvalue weighted by Crippen LogP contribution is -2.36. The van der Waals surface area contributed by atoms with Crippen LogP contribution in [0, 0.1) is 0 Å². The van der Waals surface area contributed by atoms with E-state index in [4.69, 9.17) is 20.8 Å². The summed E-state index contributed by atoms with van der Waals surface area (Å²) in [5, 5.41) is 0.874. The Balaban J connectivity index is 1.81. The fourth-order valence-electron chi connectivity index (χ4n) is 2.90. The van der Waals surface area contributed by atoms with Crippen molar-refractivity contribution in [2.75, 3.05) is 45.3 Å². The van der Waals surface area contributed by atoms with E-state index in [1.165, 1.54) is 11.0 Å². The maximum atomic E-state index is 11.8. The second-order valence-electron chi connectivity index (χ2n) is 6.38. The first-order valence-electron chi connectivity index (χ1n) is 8.51. The van der Waals surface area contributed by atoms with Gasteiger partial charge in [-0.1, -0.05) is 0 Å². The molecule has 0 aliphatic carbocycles. The van der Waals surface area contributed by atoms with Gasteiger partial charge in [0.05, 0.1) is 18.6 Å². The normalized spacial score (nSPS) is 15.1. The summed E-state index contributed by atoms with van der Waals surface area (Å²) in [6.07, 6.45) is 4.85. The number of carbonyl (C=O) groups excluding carboxylic acids is 1. The molecule has 0 aromatic carbocycles. The highest BCUT2D eigenvalue weighted by molar-refractivity contribution is 6.29. The number of likely N-dealkylation sites (N-methyl/N-ethyl adjacent to an activating group) is 1. The number of morpholine rings is 1. The fourth-order valence-corrected chi connectivity index (χ4v) is 3.07. The molecule has 0 saturated carbocycles. The first-order chi connectivity index (χ1) is 13.0. The number of nitrogens with zero attached hydrogens (tertiary/aromatic N) is 5. The largest absolute Gasteiger partial charge is 0.432 e. The number of carbonyl (C=O) groups is 1. The van der Waals surface area contributed by atoms with E-state index in [-0.39, 0.29) is 11.2 Å². The average molecular weight is 388 g/mol. The molecule has 140 valence electrons. The number of fused-ring (bicyclic) bond motifs is 3. The van der Waals surface area contributed by atoms with Gasteiger partial charge >= 0.3 is 0 Å². The standard InChI is InChI=1S/C18H18ClN5O3/c1-23(2)13(25)4-3-11-9-12-14-15(27-17(12)20-10-11)16(22-18(19)21-14)24-5-7-26-8-6-24/h3-4,9-10H,5-8H2,1-2H3. The second-order valence-corrected chi connectivity index (χ2v) is 6.72. The van der Waals surface area contributed by atoms with Crippen LogP contribution >= 0.6 is 11.6 Å². The van der Waals surface area contributed by atoms with Gasteiger partial charge in [-0.2, -0.15) is 4.98 Å². The van der Waals surface area contributed by atoms with Crippen molar-refractivity contribution in [3.8, 4) is 0 Å². The summed E-state index contributed by atoms with van der Waals surface area (Å²) in [6.45, 7) is 2.65. The topological polar surface area (TPSA) is 84.6 Å². The number of furan rings is 1. The Morgan fingerprint density at radius 3 is 2.81 bits per heavy atom. The Kier molecular flexibility index (Phi) is 4.67. The van der Waals surface area contributed by atoms with Crippen LogP contribution < -0.4 is 4.90 Å². The van der Waals surface area contributed by atoms with Crippen LogP contribution in [0.15, 0.2) is 22.8 Å². The van der Waals surface area contributed by atoms with Crippen LogP contribution in [0.2, 0.25) is 5.28 Å². The third-order valence-electron chi connectivity index (χ3n) is 4.32. The summed E-state index contributed by atoms with van der Waals surface area (Å²) in [7, 11) is 3.40. The van der Waals surface area contributed by atoms with Gasteiger partial charge in [0.1, 0.15) is 5.52 Å². The van der Waals surface area contributed by atoms with Gasteiger partial charge in [-0.3, -0.25) is 4.79 Å². The molecule has 3 aromatic rings. The second kappa shape index (κ2) is 7.13. The van der Waals surface area contributed by atoms with Crippen molar-refractivity contribution in [1.29, 1.82) is 0 Å². The monoisotopic (exact) mass is 387 g/mol. The number of hydrogen-bond donors (Lipinski definition) is 0. The Morgan fingerprint density at radius 2 is 2.07 bits per heavy atom. The molecule has 1 saturated heterocycles. The highest BCUT2D eigenvalue weighted by Gasteiger charge is 2.22. The minimum atomic E-state index is -0.105. The van der Waals surface area contributed by atoms with Gasteiger partial charge in [0.15, 0.2) is 11.4 Å². The first-order valence-corrected chi connectivity index (χ1v) is 8.88. The fraction of sp³-hybridized carbons (Fsp3) is 0.333. The quantitative estimate of drug-likeness (QED) is 0.503. The van der Waals surface area contributed by atoms with Crippen molar-refractivity contribution in [1.82, 2.24) is 19.9 Å². The molecule has 8 nitrogen and oxygen atoms in total.